The lowest BCUT2D eigenvalue weighted by molar-refractivity contribution is 0.190. The predicted molar refractivity (Wildman–Crippen MR) is 89.9 cm³/mol. The minimum Gasteiger partial charge on any atom is -0.339 e. The van der Waals surface area contributed by atoms with Gasteiger partial charge in [0.2, 0.25) is 5.89 Å². The first-order valence-corrected chi connectivity index (χ1v) is 7.78. The molecule has 0 amide bonds. The van der Waals surface area contributed by atoms with Crippen LogP contribution in [0.15, 0.2) is 4.52 Å². The summed E-state index contributed by atoms with van der Waals surface area (Å²) in [6.45, 7) is 7.03. The molecule has 1 N–H and O–H groups in total. The van der Waals surface area contributed by atoms with E-state index in [9.17, 15) is 0 Å². The Bertz CT molecular complexity index is 652. The van der Waals surface area contributed by atoms with E-state index in [0.717, 1.165) is 44.0 Å². The van der Waals surface area contributed by atoms with Crippen molar-refractivity contribution in [3.05, 3.63) is 28.7 Å². The second-order valence-corrected chi connectivity index (χ2v) is 6.02. The molecule has 1 saturated heterocycles. The number of aryl methyl sites for hydroxylation is 3. The Morgan fingerprint density at radius 1 is 1.26 bits per heavy atom. The lowest BCUT2D eigenvalue weighted by Crippen LogP contribution is -2.44. The van der Waals surface area contributed by atoms with Gasteiger partial charge in [0.25, 0.3) is 0 Å². The summed E-state index contributed by atoms with van der Waals surface area (Å²) in [5.74, 6) is 1.49. The van der Waals surface area contributed by atoms with Crippen LogP contribution in [0.1, 0.15) is 34.7 Å². The van der Waals surface area contributed by atoms with E-state index in [1.54, 1.807) is 0 Å². The smallest absolute Gasteiger partial charge is 0.227 e. The van der Waals surface area contributed by atoms with Crippen molar-refractivity contribution in [2.24, 2.45) is 7.05 Å². The third-order valence-electron chi connectivity index (χ3n) is 4.54. The van der Waals surface area contributed by atoms with Gasteiger partial charge in [-0.05, 0) is 32.9 Å². The Balaban J connectivity index is 0.00000192. The third-order valence-corrected chi connectivity index (χ3v) is 4.54. The summed E-state index contributed by atoms with van der Waals surface area (Å²) in [5, 5.41) is 12.0. The molecule has 0 radical (unpaired) electrons. The number of hydrogen-bond acceptors (Lipinski definition) is 6. The first-order chi connectivity index (χ1) is 10.6. The van der Waals surface area contributed by atoms with Crippen LogP contribution < -0.4 is 5.32 Å². The minimum atomic E-state index is 0. The molecule has 0 aromatic carbocycles. The maximum absolute atomic E-state index is 5.43. The number of halogens is 1. The Morgan fingerprint density at radius 2 is 2.04 bits per heavy atom. The van der Waals surface area contributed by atoms with Crippen LogP contribution in [-0.2, 0) is 19.9 Å². The summed E-state index contributed by atoms with van der Waals surface area (Å²) in [5.41, 5.74) is 3.56. The van der Waals surface area contributed by atoms with Crippen molar-refractivity contribution in [1.29, 1.82) is 0 Å². The van der Waals surface area contributed by atoms with Crippen LogP contribution >= 0.6 is 12.4 Å². The van der Waals surface area contributed by atoms with E-state index in [-0.39, 0.29) is 18.4 Å². The van der Waals surface area contributed by atoms with Crippen LogP contribution in [-0.4, -0.2) is 51.5 Å². The van der Waals surface area contributed by atoms with Gasteiger partial charge in [-0.3, -0.25) is 9.58 Å². The molecule has 8 heteroatoms. The van der Waals surface area contributed by atoms with Gasteiger partial charge in [-0.25, -0.2) is 0 Å². The van der Waals surface area contributed by atoms with Crippen molar-refractivity contribution in [1.82, 2.24) is 30.1 Å². The van der Waals surface area contributed by atoms with Crippen molar-refractivity contribution in [3.8, 4) is 0 Å². The van der Waals surface area contributed by atoms with E-state index in [1.807, 2.05) is 18.7 Å². The third kappa shape index (κ3) is 3.73. The van der Waals surface area contributed by atoms with E-state index in [0.29, 0.717) is 5.89 Å². The molecular formula is C15H25ClN6O. The zero-order chi connectivity index (χ0) is 15.7. The second kappa shape index (κ2) is 7.42. The number of aromatic nitrogens is 4. The molecule has 0 saturated carbocycles. The molecule has 0 bridgehead atoms. The highest BCUT2D eigenvalue weighted by molar-refractivity contribution is 5.85. The number of hydrogen-bond donors (Lipinski definition) is 1. The minimum absolute atomic E-state index is 0. The van der Waals surface area contributed by atoms with E-state index < -0.39 is 0 Å². The van der Waals surface area contributed by atoms with E-state index in [2.05, 4.69) is 39.4 Å². The molecule has 1 atom stereocenters. The van der Waals surface area contributed by atoms with Crippen molar-refractivity contribution in [2.75, 3.05) is 26.7 Å². The Morgan fingerprint density at radius 3 is 2.70 bits per heavy atom. The second-order valence-electron chi connectivity index (χ2n) is 6.02. The lowest BCUT2D eigenvalue weighted by atomic mass is 10.1. The quantitative estimate of drug-likeness (QED) is 0.901. The first kappa shape index (κ1) is 17.9. The highest BCUT2D eigenvalue weighted by Gasteiger charge is 2.25. The van der Waals surface area contributed by atoms with Crippen molar-refractivity contribution in [2.45, 2.75) is 32.7 Å². The predicted octanol–water partition coefficient (Wildman–Crippen LogP) is 1.20. The molecule has 0 aliphatic carbocycles. The molecule has 3 rings (SSSR count). The van der Waals surface area contributed by atoms with Crippen LogP contribution in [0.4, 0.5) is 0 Å². The van der Waals surface area contributed by atoms with E-state index in [4.69, 9.17) is 4.52 Å². The highest BCUT2D eigenvalue weighted by Crippen LogP contribution is 2.19. The molecule has 128 valence electrons. The summed E-state index contributed by atoms with van der Waals surface area (Å²) < 4.78 is 7.35. The number of nitrogens with zero attached hydrogens (tertiary/aromatic N) is 5. The van der Waals surface area contributed by atoms with Gasteiger partial charge in [0.15, 0.2) is 5.82 Å². The molecule has 3 heterocycles. The number of rotatable bonds is 4. The van der Waals surface area contributed by atoms with Gasteiger partial charge in [0, 0.05) is 38.8 Å². The fourth-order valence-corrected chi connectivity index (χ4v) is 3.01. The summed E-state index contributed by atoms with van der Waals surface area (Å²) in [4.78, 5) is 6.84. The molecule has 1 aliphatic rings. The fourth-order valence-electron chi connectivity index (χ4n) is 3.01. The van der Waals surface area contributed by atoms with Crippen LogP contribution in [0.25, 0.3) is 0 Å². The van der Waals surface area contributed by atoms with Crippen molar-refractivity contribution < 1.29 is 4.52 Å². The molecule has 23 heavy (non-hydrogen) atoms. The summed E-state index contributed by atoms with van der Waals surface area (Å²) in [6.07, 6.45) is 1.64. The molecule has 7 nitrogen and oxygen atoms in total. The topological polar surface area (TPSA) is 72.0 Å². The Kier molecular flexibility index (Phi) is 5.78. The standard InChI is InChI=1S/C15H24N6O.ClH/c1-10-12(11(2)21(4)18-10)5-6-14-17-15(19-22-14)13-9-16-7-8-20(13)3;/h13,16H,5-9H2,1-4H3;1H. The number of piperazine rings is 1. The van der Waals surface area contributed by atoms with Gasteiger partial charge in [0.1, 0.15) is 0 Å². The van der Waals surface area contributed by atoms with E-state index >= 15 is 0 Å². The number of nitrogens with one attached hydrogen (secondary N) is 1. The van der Waals surface area contributed by atoms with Gasteiger partial charge in [0.05, 0.1) is 11.7 Å². The monoisotopic (exact) mass is 340 g/mol. The Hall–Kier alpha value is -1.44. The SMILES string of the molecule is Cc1nn(C)c(C)c1CCc1nc(C2CNCCN2C)no1.Cl. The van der Waals surface area contributed by atoms with Crippen LogP contribution in [0.5, 0.6) is 0 Å². The van der Waals surface area contributed by atoms with Gasteiger partial charge in [-0.2, -0.15) is 10.1 Å². The van der Waals surface area contributed by atoms with Crippen molar-refractivity contribution >= 4 is 12.4 Å². The maximum atomic E-state index is 5.43. The molecule has 1 fully saturated rings. The highest BCUT2D eigenvalue weighted by atomic mass is 35.5. The van der Waals surface area contributed by atoms with Crippen molar-refractivity contribution in [3.63, 3.8) is 0 Å². The molecule has 0 spiro atoms. The fraction of sp³-hybridized carbons (Fsp3) is 0.667. The summed E-state index contributed by atoms with van der Waals surface area (Å²) in [7, 11) is 4.08. The zero-order valence-corrected chi connectivity index (χ0v) is 15.0. The molecule has 1 unspecified atom stereocenters. The van der Waals surface area contributed by atoms with Crippen LogP contribution in [0, 0.1) is 13.8 Å². The number of likely N-dealkylation sites (N-methyl/N-ethyl adjacent to an activating group) is 1. The maximum Gasteiger partial charge on any atom is 0.227 e. The summed E-state index contributed by atoms with van der Waals surface area (Å²) in [6, 6.07) is 0.202. The van der Waals surface area contributed by atoms with Gasteiger partial charge >= 0.3 is 0 Å². The average molecular weight is 341 g/mol. The molecule has 2 aromatic heterocycles. The lowest BCUT2D eigenvalue weighted by Gasteiger charge is -2.30. The van der Waals surface area contributed by atoms with Gasteiger partial charge in [-0.1, -0.05) is 5.16 Å². The van der Waals surface area contributed by atoms with Gasteiger partial charge in [-0.15, -0.1) is 12.4 Å². The summed E-state index contributed by atoms with van der Waals surface area (Å²) >= 11 is 0. The molecular weight excluding hydrogens is 316 g/mol. The van der Waals surface area contributed by atoms with E-state index in [1.165, 1.54) is 11.3 Å². The molecule has 1 aliphatic heterocycles. The van der Waals surface area contributed by atoms with Gasteiger partial charge < -0.3 is 9.84 Å². The van der Waals surface area contributed by atoms with Crippen LogP contribution in [0.3, 0.4) is 0 Å². The zero-order valence-electron chi connectivity index (χ0n) is 14.2. The Labute approximate surface area is 142 Å². The normalized spacial score (nSPS) is 18.9. The van der Waals surface area contributed by atoms with Crippen LogP contribution in [0.2, 0.25) is 0 Å². The molecule has 2 aromatic rings. The first-order valence-electron chi connectivity index (χ1n) is 7.78. The largest absolute Gasteiger partial charge is 0.339 e. The average Bonchev–Trinajstić information content (AvgIpc) is 3.04.